The monoisotopic (exact) mass is 426 g/mol. The SMILES string of the molecule is CN(C(=O)c1cccc(-c2ccc(S(=O)(=O)N3CCCC3)cc2)c1)C1CCCCC1. The molecule has 160 valence electrons. The van der Waals surface area contributed by atoms with Crippen molar-refractivity contribution < 1.29 is 13.2 Å². The number of carbonyl (C=O) groups excluding carboxylic acids is 1. The van der Waals surface area contributed by atoms with Crippen LogP contribution in [0.2, 0.25) is 0 Å². The van der Waals surface area contributed by atoms with Crippen molar-refractivity contribution in [1.29, 1.82) is 0 Å². The van der Waals surface area contributed by atoms with E-state index in [1.807, 2.05) is 48.3 Å². The number of hydrogen-bond acceptors (Lipinski definition) is 3. The lowest BCUT2D eigenvalue weighted by Gasteiger charge is -2.31. The number of hydrogen-bond donors (Lipinski definition) is 0. The van der Waals surface area contributed by atoms with Crippen molar-refractivity contribution in [2.45, 2.75) is 55.9 Å². The molecule has 0 unspecified atom stereocenters. The number of nitrogens with zero attached hydrogens (tertiary/aromatic N) is 2. The molecule has 2 aromatic rings. The van der Waals surface area contributed by atoms with Gasteiger partial charge in [0.25, 0.3) is 5.91 Å². The molecule has 1 saturated carbocycles. The van der Waals surface area contributed by atoms with E-state index < -0.39 is 10.0 Å². The molecular formula is C24H30N2O3S. The molecule has 0 N–H and O–H groups in total. The first-order chi connectivity index (χ1) is 14.5. The highest BCUT2D eigenvalue weighted by atomic mass is 32.2. The van der Waals surface area contributed by atoms with Gasteiger partial charge in [-0.1, -0.05) is 43.5 Å². The average Bonchev–Trinajstić information content (AvgIpc) is 3.35. The third kappa shape index (κ3) is 4.30. The topological polar surface area (TPSA) is 57.7 Å². The second-order valence-electron chi connectivity index (χ2n) is 8.42. The van der Waals surface area contributed by atoms with Gasteiger partial charge >= 0.3 is 0 Å². The van der Waals surface area contributed by atoms with Gasteiger partial charge in [-0.2, -0.15) is 4.31 Å². The minimum Gasteiger partial charge on any atom is -0.339 e. The molecule has 0 radical (unpaired) electrons. The Bertz CT molecular complexity index is 989. The van der Waals surface area contributed by atoms with E-state index in [9.17, 15) is 13.2 Å². The summed E-state index contributed by atoms with van der Waals surface area (Å²) in [7, 11) is -1.50. The largest absolute Gasteiger partial charge is 0.339 e. The molecule has 1 saturated heterocycles. The number of carbonyl (C=O) groups is 1. The molecule has 1 heterocycles. The lowest BCUT2D eigenvalue weighted by Crippen LogP contribution is -2.38. The summed E-state index contributed by atoms with van der Waals surface area (Å²) in [4.78, 5) is 15.2. The Balaban J connectivity index is 1.53. The van der Waals surface area contributed by atoms with Crippen LogP contribution in [-0.2, 0) is 10.0 Å². The summed E-state index contributed by atoms with van der Waals surface area (Å²) >= 11 is 0. The summed E-state index contributed by atoms with van der Waals surface area (Å²) in [6.45, 7) is 1.20. The molecule has 0 atom stereocenters. The van der Waals surface area contributed by atoms with Gasteiger partial charge in [-0.3, -0.25) is 4.79 Å². The third-order valence-corrected chi connectivity index (χ3v) is 8.36. The van der Waals surface area contributed by atoms with Crippen molar-refractivity contribution in [3.05, 3.63) is 54.1 Å². The van der Waals surface area contributed by atoms with Crippen LogP contribution in [0.3, 0.4) is 0 Å². The fraction of sp³-hybridized carbons (Fsp3) is 0.458. The second kappa shape index (κ2) is 8.90. The van der Waals surface area contributed by atoms with Crippen molar-refractivity contribution >= 4 is 15.9 Å². The maximum atomic E-state index is 13.0. The van der Waals surface area contributed by atoms with E-state index in [4.69, 9.17) is 0 Å². The van der Waals surface area contributed by atoms with Gasteiger partial charge in [-0.25, -0.2) is 8.42 Å². The number of amides is 1. The molecule has 0 spiro atoms. The predicted octanol–water partition coefficient (Wildman–Crippen LogP) is 4.54. The maximum Gasteiger partial charge on any atom is 0.253 e. The average molecular weight is 427 g/mol. The van der Waals surface area contributed by atoms with Gasteiger partial charge in [0.2, 0.25) is 10.0 Å². The molecule has 1 amide bonds. The van der Waals surface area contributed by atoms with E-state index in [0.29, 0.717) is 29.6 Å². The smallest absolute Gasteiger partial charge is 0.253 e. The van der Waals surface area contributed by atoms with Crippen molar-refractivity contribution in [3.8, 4) is 11.1 Å². The zero-order valence-corrected chi connectivity index (χ0v) is 18.4. The highest BCUT2D eigenvalue weighted by Gasteiger charge is 2.27. The molecule has 6 heteroatoms. The fourth-order valence-electron chi connectivity index (χ4n) is 4.57. The highest BCUT2D eigenvalue weighted by molar-refractivity contribution is 7.89. The Morgan fingerprint density at radius 2 is 1.57 bits per heavy atom. The Hall–Kier alpha value is -2.18. The van der Waals surface area contributed by atoms with Crippen LogP contribution in [0.25, 0.3) is 11.1 Å². The molecule has 4 rings (SSSR count). The summed E-state index contributed by atoms with van der Waals surface area (Å²) in [6, 6.07) is 15.0. The molecule has 5 nitrogen and oxygen atoms in total. The summed E-state index contributed by atoms with van der Waals surface area (Å²) < 4.78 is 27.0. The Morgan fingerprint density at radius 1 is 0.900 bits per heavy atom. The van der Waals surface area contributed by atoms with Gasteiger partial charge < -0.3 is 4.90 Å². The van der Waals surface area contributed by atoms with Crippen molar-refractivity contribution in [2.75, 3.05) is 20.1 Å². The molecule has 0 aromatic heterocycles. The predicted molar refractivity (Wildman–Crippen MR) is 119 cm³/mol. The van der Waals surface area contributed by atoms with Crippen LogP contribution in [0.1, 0.15) is 55.3 Å². The molecule has 2 fully saturated rings. The summed E-state index contributed by atoms with van der Waals surface area (Å²) in [5.41, 5.74) is 2.50. The molecule has 0 bridgehead atoms. The van der Waals surface area contributed by atoms with Gasteiger partial charge in [-0.05, 0) is 61.1 Å². The molecule has 30 heavy (non-hydrogen) atoms. The van der Waals surface area contributed by atoms with Crippen molar-refractivity contribution in [1.82, 2.24) is 9.21 Å². The minimum absolute atomic E-state index is 0.0528. The van der Waals surface area contributed by atoms with E-state index in [-0.39, 0.29) is 5.91 Å². The maximum absolute atomic E-state index is 13.0. The van der Waals surface area contributed by atoms with E-state index in [1.165, 1.54) is 19.3 Å². The molecule has 2 aliphatic rings. The molecular weight excluding hydrogens is 396 g/mol. The van der Waals surface area contributed by atoms with Crippen LogP contribution < -0.4 is 0 Å². The lowest BCUT2D eigenvalue weighted by atomic mass is 9.94. The Labute approximate surface area is 179 Å². The normalized spacial score (nSPS) is 18.4. The van der Waals surface area contributed by atoms with Gasteiger partial charge in [0.1, 0.15) is 0 Å². The van der Waals surface area contributed by atoms with Crippen LogP contribution in [0.5, 0.6) is 0 Å². The standard InChI is InChI=1S/C24H30N2O3S/c1-25(22-10-3-2-4-11-22)24(27)21-9-7-8-20(18-21)19-12-14-23(15-13-19)30(28,29)26-16-5-6-17-26/h7-9,12-15,18,22H,2-6,10-11,16-17H2,1H3. The summed E-state index contributed by atoms with van der Waals surface area (Å²) in [6.07, 6.45) is 7.64. The van der Waals surface area contributed by atoms with E-state index in [1.54, 1.807) is 16.4 Å². The number of rotatable bonds is 5. The zero-order valence-electron chi connectivity index (χ0n) is 17.6. The van der Waals surface area contributed by atoms with E-state index in [2.05, 4.69) is 0 Å². The van der Waals surface area contributed by atoms with Crippen molar-refractivity contribution in [3.63, 3.8) is 0 Å². The van der Waals surface area contributed by atoms with E-state index in [0.717, 1.165) is 36.8 Å². The van der Waals surface area contributed by atoms with Gasteiger partial charge in [-0.15, -0.1) is 0 Å². The second-order valence-corrected chi connectivity index (χ2v) is 10.4. The van der Waals surface area contributed by atoms with Gasteiger partial charge in [0, 0.05) is 31.7 Å². The first-order valence-corrected chi connectivity index (χ1v) is 12.4. The van der Waals surface area contributed by atoms with E-state index >= 15 is 0 Å². The Morgan fingerprint density at radius 3 is 2.23 bits per heavy atom. The summed E-state index contributed by atoms with van der Waals surface area (Å²) in [5, 5.41) is 0. The van der Waals surface area contributed by atoms with Crippen LogP contribution in [0, 0.1) is 0 Å². The van der Waals surface area contributed by atoms with Gasteiger partial charge in [0.05, 0.1) is 4.90 Å². The van der Waals surface area contributed by atoms with Crippen LogP contribution >= 0.6 is 0 Å². The summed E-state index contributed by atoms with van der Waals surface area (Å²) in [5.74, 6) is 0.0528. The molecule has 2 aromatic carbocycles. The van der Waals surface area contributed by atoms with Gasteiger partial charge in [0.15, 0.2) is 0 Å². The zero-order chi connectivity index (χ0) is 21.1. The molecule has 1 aliphatic heterocycles. The Kier molecular flexibility index (Phi) is 6.25. The van der Waals surface area contributed by atoms with Crippen LogP contribution in [0.4, 0.5) is 0 Å². The minimum atomic E-state index is -3.41. The first kappa shape index (κ1) is 21.1. The lowest BCUT2D eigenvalue weighted by molar-refractivity contribution is 0.0696. The molecule has 1 aliphatic carbocycles. The number of benzene rings is 2. The van der Waals surface area contributed by atoms with Crippen LogP contribution in [-0.4, -0.2) is 49.7 Å². The first-order valence-electron chi connectivity index (χ1n) is 10.9. The quantitative estimate of drug-likeness (QED) is 0.705. The van der Waals surface area contributed by atoms with Crippen molar-refractivity contribution in [2.24, 2.45) is 0 Å². The third-order valence-electron chi connectivity index (χ3n) is 6.44. The number of sulfonamides is 1. The fourth-order valence-corrected chi connectivity index (χ4v) is 6.08. The highest BCUT2D eigenvalue weighted by Crippen LogP contribution is 2.27. The van der Waals surface area contributed by atoms with Crippen LogP contribution in [0.15, 0.2) is 53.4 Å².